The summed E-state index contributed by atoms with van der Waals surface area (Å²) < 4.78 is 0.724. The van der Waals surface area contributed by atoms with E-state index in [9.17, 15) is 4.79 Å². The zero-order valence-corrected chi connectivity index (χ0v) is 11.2. The molecule has 4 heteroatoms. The molecule has 0 radical (unpaired) electrons. The van der Waals surface area contributed by atoms with Crippen molar-refractivity contribution in [2.75, 3.05) is 0 Å². The predicted molar refractivity (Wildman–Crippen MR) is 71.8 cm³/mol. The fraction of sp³-hybridized carbons (Fsp3) is 0.182. The van der Waals surface area contributed by atoms with E-state index in [0.717, 1.165) is 20.3 Å². The molecule has 2 nitrogen and oxygen atoms in total. The number of fused-ring (bicyclic) bond motifs is 1. The van der Waals surface area contributed by atoms with E-state index in [1.165, 1.54) is 0 Å². The van der Waals surface area contributed by atoms with Crippen LogP contribution in [0, 0.1) is 17.4 Å². The van der Waals surface area contributed by atoms with Crippen LogP contribution in [0.5, 0.6) is 0 Å². The maximum Gasteiger partial charge on any atom is 0.203 e. The molecule has 1 N–H and O–H groups in total. The summed E-state index contributed by atoms with van der Waals surface area (Å²) in [5, 5.41) is 1.26. The number of hydrogen-bond donors (Lipinski definition) is 1. The number of rotatable bonds is 0. The van der Waals surface area contributed by atoms with Crippen LogP contribution in [-0.2, 0) is 0 Å². The lowest BCUT2D eigenvalue weighted by Crippen LogP contribution is -2.10. The molecule has 1 aromatic carbocycles. The standard InChI is InChI=1S/C11H9ClINO/c1-5-3-7(12)4-8-10(5)14-6(2)9(13)11(8)15/h3-4H,1-2H3,(H,14,15). The molecule has 0 aliphatic rings. The lowest BCUT2D eigenvalue weighted by Gasteiger charge is -2.06. The molecule has 1 heterocycles. The van der Waals surface area contributed by atoms with Gasteiger partial charge in [0.25, 0.3) is 0 Å². The molecule has 78 valence electrons. The molecule has 15 heavy (non-hydrogen) atoms. The van der Waals surface area contributed by atoms with Gasteiger partial charge >= 0.3 is 0 Å². The Balaban J connectivity index is 3.06. The van der Waals surface area contributed by atoms with Crippen molar-refractivity contribution in [3.63, 3.8) is 0 Å². The Morgan fingerprint density at radius 2 is 2.00 bits per heavy atom. The highest BCUT2D eigenvalue weighted by atomic mass is 127. The van der Waals surface area contributed by atoms with Gasteiger partial charge in [-0.2, -0.15) is 0 Å². The monoisotopic (exact) mass is 333 g/mol. The van der Waals surface area contributed by atoms with Gasteiger partial charge in [-0.05, 0) is 54.1 Å². The molecule has 0 spiro atoms. The Morgan fingerprint density at radius 3 is 2.67 bits per heavy atom. The molecule has 0 fully saturated rings. The van der Waals surface area contributed by atoms with Gasteiger partial charge in [-0.1, -0.05) is 11.6 Å². The molecule has 0 aliphatic heterocycles. The van der Waals surface area contributed by atoms with E-state index in [2.05, 4.69) is 27.6 Å². The zero-order valence-electron chi connectivity index (χ0n) is 8.32. The van der Waals surface area contributed by atoms with Gasteiger partial charge in [-0.25, -0.2) is 0 Å². The van der Waals surface area contributed by atoms with Gasteiger partial charge in [0.15, 0.2) is 0 Å². The number of pyridine rings is 1. The summed E-state index contributed by atoms with van der Waals surface area (Å²) in [4.78, 5) is 15.2. The van der Waals surface area contributed by atoms with Gasteiger partial charge in [0.1, 0.15) is 0 Å². The number of hydrogen-bond acceptors (Lipinski definition) is 1. The first kappa shape index (κ1) is 11.0. The molecule has 2 aromatic rings. The third kappa shape index (κ3) is 1.78. The third-order valence-corrected chi connectivity index (χ3v) is 3.90. The van der Waals surface area contributed by atoms with Crippen LogP contribution in [0.4, 0.5) is 0 Å². The topological polar surface area (TPSA) is 32.9 Å². The highest BCUT2D eigenvalue weighted by Gasteiger charge is 2.08. The Bertz CT molecular complexity index is 604. The van der Waals surface area contributed by atoms with Gasteiger partial charge in [-0.3, -0.25) is 4.79 Å². The Labute approximate surface area is 106 Å². The van der Waals surface area contributed by atoms with Crippen LogP contribution in [0.25, 0.3) is 10.9 Å². The maximum absolute atomic E-state index is 12.0. The number of aromatic nitrogens is 1. The molecule has 0 bridgehead atoms. The minimum absolute atomic E-state index is 0.0486. The van der Waals surface area contributed by atoms with Crippen molar-refractivity contribution in [1.29, 1.82) is 0 Å². The van der Waals surface area contributed by atoms with Crippen LogP contribution in [-0.4, -0.2) is 4.98 Å². The zero-order chi connectivity index (χ0) is 11.2. The number of H-pyrrole nitrogens is 1. The first-order valence-electron chi connectivity index (χ1n) is 4.49. The summed E-state index contributed by atoms with van der Waals surface area (Å²) in [6.07, 6.45) is 0. The summed E-state index contributed by atoms with van der Waals surface area (Å²) in [5.41, 5.74) is 2.82. The van der Waals surface area contributed by atoms with Gasteiger partial charge in [0.05, 0.1) is 9.09 Å². The molecule has 0 unspecified atom stereocenters. The summed E-state index contributed by atoms with van der Waals surface area (Å²) in [6, 6.07) is 3.57. The van der Waals surface area contributed by atoms with Crippen molar-refractivity contribution < 1.29 is 0 Å². The molecular weight excluding hydrogens is 324 g/mol. The third-order valence-electron chi connectivity index (χ3n) is 2.39. The molecule has 0 saturated carbocycles. The normalized spacial score (nSPS) is 10.9. The van der Waals surface area contributed by atoms with Gasteiger partial charge in [-0.15, -0.1) is 0 Å². The SMILES string of the molecule is Cc1[nH]c2c(C)cc(Cl)cc2c(=O)c1I. The number of benzene rings is 1. The fourth-order valence-corrected chi connectivity index (χ4v) is 2.32. The number of halogens is 2. The summed E-state index contributed by atoms with van der Waals surface area (Å²) >= 11 is 7.99. The van der Waals surface area contributed by atoms with Crippen LogP contribution >= 0.6 is 34.2 Å². The average Bonchev–Trinajstić information content (AvgIpc) is 2.17. The molecule has 2 rings (SSSR count). The summed E-state index contributed by atoms with van der Waals surface area (Å²) in [7, 11) is 0. The van der Waals surface area contributed by atoms with Gasteiger partial charge in [0, 0.05) is 16.1 Å². The lowest BCUT2D eigenvalue weighted by atomic mass is 10.1. The molecule has 0 amide bonds. The molecular formula is C11H9ClINO. The van der Waals surface area contributed by atoms with Crippen molar-refractivity contribution in [2.24, 2.45) is 0 Å². The number of aryl methyl sites for hydroxylation is 2. The first-order chi connectivity index (χ1) is 7.00. The van der Waals surface area contributed by atoms with E-state index in [1.54, 1.807) is 6.07 Å². The lowest BCUT2D eigenvalue weighted by molar-refractivity contribution is 1.20. The van der Waals surface area contributed by atoms with Crippen LogP contribution in [0.15, 0.2) is 16.9 Å². The van der Waals surface area contributed by atoms with Crippen LogP contribution in [0.1, 0.15) is 11.3 Å². The molecule has 1 aromatic heterocycles. The molecule has 0 aliphatic carbocycles. The summed E-state index contributed by atoms with van der Waals surface area (Å²) in [6.45, 7) is 3.84. The van der Waals surface area contributed by atoms with Crippen molar-refractivity contribution in [3.8, 4) is 0 Å². The number of nitrogens with one attached hydrogen (secondary N) is 1. The van der Waals surface area contributed by atoms with E-state index < -0.39 is 0 Å². The second-order valence-electron chi connectivity index (χ2n) is 3.54. The highest BCUT2D eigenvalue weighted by molar-refractivity contribution is 14.1. The van der Waals surface area contributed by atoms with E-state index in [4.69, 9.17) is 11.6 Å². The van der Waals surface area contributed by atoms with E-state index in [0.29, 0.717) is 10.4 Å². The smallest absolute Gasteiger partial charge is 0.203 e. The van der Waals surface area contributed by atoms with Crippen LogP contribution in [0.3, 0.4) is 0 Å². The average molecular weight is 334 g/mol. The Hall–Kier alpha value is -0.550. The minimum atomic E-state index is 0.0486. The second-order valence-corrected chi connectivity index (χ2v) is 5.05. The van der Waals surface area contributed by atoms with Crippen molar-refractivity contribution in [1.82, 2.24) is 4.98 Å². The Kier molecular flexibility index (Phi) is 2.77. The Morgan fingerprint density at radius 1 is 1.33 bits per heavy atom. The second kappa shape index (κ2) is 3.79. The van der Waals surface area contributed by atoms with Crippen LogP contribution in [0.2, 0.25) is 5.02 Å². The van der Waals surface area contributed by atoms with Crippen molar-refractivity contribution >= 4 is 45.1 Å². The van der Waals surface area contributed by atoms with Crippen LogP contribution < -0.4 is 5.43 Å². The predicted octanol–water partition coefficient (Wildman–Crippen LogP) is 3.40. The van der Waals surface area contributed by atoms with Crippen molar-refractivity contribution in [2.45, 2.75) is 13.8 Å². The van der Waals surface area contributed by atoms with E-state index >= 15 is 0 Å². The van der Waals surface area contributed by atoms with E-state index in [1.807, 2.05) is 19.9 Å². The number of aromatic amines is 1. The minimum Gasteiger partial charge on any atom is -0.357 e. The largest absolute Gasteiger partial charge is 0.357 e. The highest BCUT2D eigenvalue weighted by Crippen LogP contribution is 2.21. The fourth-order valence-electron chi connectivity index (χ4n) is 1.62. The van der Waals surface area contributed by atoms with Crippen molar-refractivity contribution in [3.05, 3.63) is 42.2 Å². The van der Waals surface area contributed by atoms with Gasteiger partial charge < -0.3 is 4.98 Å². The molecule has 0 atom stereocenters. The summed E-state index contributed by atoms with van der Waals surface area (Å²) in [5.74, 6) is 0. The first-order valence-corrected chi connectivity index (χ1v) is 5.94. The molecule has 0 saturated heterocycles. The maximum atomic E-state index is 12.0. The quantitative estimate of drug-likeness (QED) is 0.736. The van der Waals surface area contributed by atoms with E-state index in [-0.39, 0.29) is 5.43 Å². The van der Waals surface area contributed by atoms with Gasteiger partial charge in [0.2, 0.25) is 5.43 Å².